The Morgan fingerprint density at radius 1 is 1.12 bits per heavy atom. The number of carboxylic acid groups (broad SMARTS) is 1. The summed E-state index contributed by atoms with van der Waals surface area (Å²) in [5, 5.41) is 28.6. The fraction of sp³-hybridized carbons (Fsp3) is 0.417. The minimum Gasteiger partial charge on any atom is -0.481 e. The van der Waals surface area contributed by atoms with Crippen LogP contribution in [0.4, 0.5) is 32.0 Å². The summed E-state index contributed by atoms with van der Waals surface area (Å²) in [4.78, 5) is 20.0. The number of nitro benzene ring substituents is 1. The zero-order valence-corrected chi connectivity index (χ0v) is 11.5. The number of nitrogens with zero attached hydrogens (tertiary/aromatic N) is 1. The highest BCUT2D eigenvalue weighted by molar-refractivity contribution is 5.67. The maximum absolute atomic E-state index is 12.8. The highest BCUT2D eigenvalue weighted by atomic mass is 19.4. The van der Waals surface area contributed by atoms with Crippen LogP contribution in [0, 0.1) is 10.1 Å². The van der Waals surface area contributed by atoms with E-state index in [0.29, 0.717) is 6.07 Å². The van der Waals surface area contributed by atoms with Crippen molar-refractivity contribution in [3.63, 3.8) is 0 Å². The average molecular weight is 361 g/mol. The Morgan fingerprint density at radius 2 is 1.62 bits per heavy atom. The molecule has 0 heterocycles. The maximum Gasteiger partial charge on any atom is 0.430 e. The molecule has 0 atom stereocenters. The van der Waals surface area contributed by atoms with Gasteiger partial charge < -0.3 is 10.2 Å². The van der Waals surface area contributed by atoms with E-state index in [1.807, 2.05) is 0 Å². The quantitative estimate of drug-likeness (QED) is 0.477. The second-order valence-electron chi connectivity index (χ2n) is 4.70. The van der Waals surface area contributed by atoms with Gasteiger partial charge in [-0.05, 0) is 6.42 Å². The van der Waals surface area contributed by atoms with Gasteiger partial charge >= 0.3 is 18.3 Å². The summed E-state index contributed by atoms with van der Waals surface area (Å²) in [5.41, 5.74) is -8.61. The van der Waals surface area contributed by atoms with E-state index in [-0.39, 0.29) is 17.7 Å². The van der Waals surface area contributed by atoms with Gasteiger partial charge in [-0.1, -0.05) is 12.1 Å². The van der Waals surface area contributed by atoms with Gasteiger partial charge in [0, 0.05) is 23.6 Å². The molecule has 0 saturated carbocycles. The SMILES string of the molecule is O=C(O)CCc1ccc(C(O)(C(F)(F)F)C(F)(F)F)cc1[N+](=O)[O-]. The number of halogens is 6. The second-order valence-corrected chi connectivity index (χ2v) is 4.70. The van der Waals surface area contributed by atoms with Crippen molar-refractivity contribution in [3.8, 4) is 0 Å². The summed E-state index contributed by atoms with van der Waals surface area (Å²) in [6.45, 7) is 0. The van der Waals surface area contributed by atoms with E-state index in [4.69, 9.17) is 5.11 Å². The van der Waals surface area contributed by atoms with E-state index in [1.54, 1.807) is 0 Å². The first-order valence-corrected chi connectivity index (χ1v) is 6.07. The number of aliphatic hydroxyl groups is 1. The molecule has 0 unspecified atom stereocenters. The molecule has 0 radical (unpaired) electrons. The number of hydrogen-bond donors (Lipinski definition) is 2. The lowest BCUT2D eigenvalue weighted by molar-refractivity contribution is -0.387. The standard InChI is InChI=1S/C12H9F6NO5/c13-11(14,15)10(22,12(16,17)18)7-3-1-6(2-4-9(20)21)8(5-7)19(23)24/h1,3,5,22H,2,4H2,(H,20,21). The number of alkyl halides is 6. The number of aryl methyl sites for hydroxylation is 1. The van der Waals surface area contributed by atoms with Crippen LogP contribution in [0.5, 0.6) is 0 Å². The first-order valence-electron chi connectivity index (χ1n) is 6.07. The fourth-order valence-electron chi connectivity index (χ4n) is 1.90. The van der Waals surface area contributed by atoms with E-state index >= 15 is 0 Å². The predicted molar refractivity (Wildman–Crippen MR) is 65.1 cm³/mol. The van der Waals surface area contributed by atoms with Crippen molar-refractivity contribution in [2.75, 3.05) is 0 Å². The van der Waals surface area contributed by atoms with Gasteiger partial charge in [0.2, 0.25) is 0 Å². The molecule has 1 aromatic rings. The number of benzene rings is 1. The molecular weight excluding hydrogens is 352 g/mol. The first-order chi connectivity index (χ1) is 10.7. The Kier molecular flexibility index (Phi) is 5.13. The lowest BCUT2D eigenvalue weighted by atomic mass is 9.90. The highest BCUT2D eigenvalue weighted by Gasteiger charge is 2.71. The summed E-state index contributed by atoms with van der Waals surface area (Å²) in [6, 6.07) is 0.724. The van der Waals surface area contributed by atoms with E-state index in [9.17, 15) is 46.4 Å². The predicted octanol–water partition coefficient (Wildman–Crippen LogP) is 2.92. The van der Waals surface area contributed by atoms with Crippen molar-refractivity contribution < 1.29 is 46.3 Å². The van der Waals surface area contributed by atoms with Crippen LogP contribution in [0.25, 0.3) is 0 Å². The molecule has 0 bridgehead atoms. The number of hydrogen-bond acceptors (Lipinski definition) is 4. The van der Waals surface area contributed by atoms with Crippen LogP contribution >= 0.6 is 0 Å². The number of nitro groups is 1. The summed E-state index contributed by atoms with van der Waals surface area (Å²) >= 11 is 0. The van der Waals surface area contributed by atoms with Gasteiger partial charge in [0.05, 0.1) is 4.92 Å². The van der Waals surface area contributed by atoms with Crippen LogP contribution in [0.2, 0.25) is 0 Å². The molecule has 1 aromatic carbocycles. The molecule has 0 spiro atoms. The van der Waals surface area contributed by atoms with Crippen molar-refractivity contribution >= 4 is 11.7 Å². The number of carboxylic acids is 1. The van der Waals surface area contributed by atoms with Crippen LogP contribution in [0.3, 0.4) is 0 Å². The Bertz CT molecular complexity index is 640. The zero-order chi connectivity index (χ0) is 18.9. The Morgan fingerprint density at radius 3 is 2.00 bits per heavy atom. The van der Waals surface area contributed by atoms with Crippen LogP contribution < -0.4 is 0 Å². The minimum absolute atomic E-state index is 0.0574. The molecule has 0 aliphatic heterocycles. The fourth-order valence-corrected chi connectivity index (χ4v) is 1.90. The molecule has 24 heavy (non-hydrogen) atoms. The Balaban J connectivity index is 3.52. The third kappa shape index (κ3) is 3.58. The maximum atomic E-state index is 12.8. The first kappa shape index (κ1) is 19.7. The molecule has 2 N–H and O–H groups in total. The largest absolute Gasteiger partial charge is 0.481 e. The van der Waals surface area contributed by atoms with Gasteiger partial charge in [-0.2, -0.15) is 26.3 Å². The molecule has 0 saturated heterocycles. The van der Waals surface area contributed by atoms with Gasteiger partial charge in [-0.3, -0.25) is 14.9 Å². The Labute approximate surface area is 129 Å². The topological polar surface area (TPSA) is 101 Å². The van der Waals surface area contributed by atoms with Crippen molar-refractivity contribution in [2.24, 2.45) is 0 Å². The number of aliphatic carboxylic acids is 1. The zero-order valence-electron chi connectivity index (χ0n) is 11.5. The summed E-state index contributed by atoms with van der Waals surface area (Å²) in [6.07, 6.45) is -13.5. The van der Waals surface area contributed by atoms with E-state index in [0.717, 1.165) is 0 Å². The molecule has 12 heteroatoms. The van der Waals surface area contributed by atoms with Gasteiger partial charge in [0.15, 0.2) is 0 Å². The van der Waals surface area contributed by atoms with Crippen LogP contribution in [0.15, 0.2) is 18.2 Å². The molecule has 0 aliphatic rings. The molecular formula is C12H9F6NO5. The van der Waals surface area contributed by atoms with Crippen molar-refractivity contribution in [1.29, 1.82) is 0 Å². The molecule has 134 valence electrons. The molecule has 0 amide bonds. The van der Waals surface area contributed by atoms with Crippen molar-refractivity contribution in [1.82, 2.24) is 0 Å². The van der Waals surface area contributed by atoms with Crippen LogP contribution in [-0.2, 0) is 16.8 Å². The lowest BCUT2D eigenvalue weighted by Crippen LogP contribution is -2.53. The van der Waals surface area contributed by atoms with Gasteiger partial charge in [-0.25, -0.2) is 0 Å². The lowest BCUT2D eigenvalue weighted by Gasteiger charge is -2.32. The van der Waals surface area contributed by atoms with E-state index in [1.165, 1.54) is 0 Å². The van der Waals surface area contributed by atoms with Crippen molar-refractivity contribution in [3.05, 3.63) is 39.4 Å². The van der Waals surface area contributed by atoms with E-state index in [2.05, 4.69) is 0 Å². The second kappa shape index (κ2) is 6.26. The average Bonchev–Trinajstić information content (AvgIpc) is 2.41. The normalized spacial score (nSPS) is 13.0. The monoisotopic (exact) mass is 361 g/mol. The minimum atomic E-state index is -6.18. The number of rotatable bonds is 5. The molecule has 0 aliphatic carbocycles. The van der Waals surface area contributed by atoms with E-state index < -0.39 is 52.9 Å². The van der Waals surface area contributed by atoms with Gasteiger partial charge in [0.1, 0.15) is 0 Å². The van der Waals surface area contributed by atoms with Gasteiger partial charge in [0.25, 0.3) is 11.3 Å². The smallest absolute Gasteiger partial charge is 0.430 e. The third-order valence-electron chi connectivity index (χ3n) is 3.13. The van der Waals surface area contributed by atoms with Crippen LogP contribution in [0.1, 0.15) is 17.5 Å². The summed E-state index contributed by atoms with van der Waals surface area (Å²) in [5.74, 6) is -1.37. The van der Waals surface area contributed by atoms with Gasteiger partial charge in [-0.15, -0.1) is 0 Å². The number of carbonyl (C=O) groups is 1. The summed E-state index contributed by atoms with van der Waals surface area (Å²) < 4.78 is 76.5. The molecule has 0 fully saturated rings. The third-order valence-corrected chi connectivity index (χ3v) is 3.13. The Hall–Kier alpha value is -2.37. The molecule has 1 rings (SSSR count). The summed E-state index contributed by atoms with van der Waals surface area (Å²) in [7, 11) is 0. The van der Waals surface area contributed by atoms with Crippen LogP contribution in [-0.4, -0.2) is 33.5 Å². The molecule has 0 aromatic heterocycles. The molecule has 6 nitrogen and oxygen atoms in total. The van der Waals surface area contributed by atoms with Crippen molar-refractivity contribution in [2.45, 2.75) is 30.8 Å². The highest BCUT2D eigenvalue weighted by Crippen LogP contribution is 2.50.